The van der Waals surface area contributed by atoms with Crippen molar-refractivity contribution in [3.05, 3.63) is 41.7 Å². The number of hydrogen-bond acceptors (Lipinski definition) is 6. The first kappa shape index (κ1) is 20.9. The zero-order valence-corrected chi connectivity index (χ0v) is 17.7. The van der Waals surface area contributed by atoms with Crippen molar-refractivity contribution in [1.82, 2.24) is 30.0 Å². The predicted octanol–water partition coefficient (Wildman–Crippen LogP) is 2.08. The highest BCUT2D eigenvalue weighted by Crippen LogP contribution is 2.28. The van der Waals surface area contributed by atoms with Crippen LogP contribution in [0.25, 0.3) is 0 Å². The topological polar surface area (TPSA) is 76.4 Å². The van der Waals surface area contributed by atoms with Crippen molar-refractivity contribution in [1.29, 1.82) is 0 Å². The lowest BCUT2D eigenvalue weighted by Gasteiger charge is -2.25. The van der Waals surface area contributed by atoms with Crippen molar-refractivity contribution in [3.63, 3.8) is 0 Å². The Morgan fingerprint density at radius 3 is 2.73 bits per heavy atom. The van der Waals surface area contributed by atoms with Gasteiger partial charge in [0, 0.05) is 39.1 Å². The molecule has 2 aliphatic rings. The lowest BCUT2D eigenvalue weighted by molar-refractivity contribution is -0.131. The highest BCUT2D eigenvalue weighted by Gasteiger charge is 2.21. The van der Waals surface area contributed by atoms with Crippen molar-refractivity contribution >= 4 is 5.91 Å². The van der Waals surface area contributed by atoms with E-state index in [9.17, 15) is 4.79 Å². The van der Waals surface area contributed by atoms with Gasteiger partial charge in [0.15, 0.2) is 5.82 Å². The van der Waals surface area contributed by atoms with Gasteiger partial charge in [-0.1, -0.05) is 30.3 Å². The second-order valence-electron chi connectivity index (χ2n) is 8.23. The molecule has 0 aliphatic carbocycles. The summed E-state index contributed by atoms with van der Waals surface area (Å²) >= 11 is 0. The first-order valence-corrected chi connectivity index (χ1v) is 11.2. The van der Waals surface area contributed by atoms with Gasteiger partial charge in [-0.15, -0.1) is 5.10 Å². The Morgan fingerprint density at radius 2 is 1.90 bits per heavy atom. The fourth-order valence-electron chi connectivity index (χ4n) is 4.41. The Labute approximate surface area is 178 Å². The largest absolute Gasteiger partial charge is 0.379 e. The van der Waals surface area contributed by atoms with Gasteiger partial charge in [0.05, 0.1) is 19.8 Å². The second kappa shape index (κ2) is 10.6. The monoisotopic (exact) mass is 412 g/mol. The standard InChI is InChI=1S/C22H32N6O2/c29-22(27-11-4-8-20(10-13-27)19-6-2-1-3-7-19)9-5-12-28-21(23-24-25-28)18-26-14-16-30-17-15-26/h1-3,6-7,20H,4-5,8-18H2/t20-/m1/s1. The number of rotatable bonds is 7. The maximum absolute atomic E-state index is 12.8. The molecular formula is C22H32N6O2. The first-order chi connectivity index (χ1) is 14.8. The highest BCUT2D eigenvalue weighted by molar-refractivity contribution is 5.76. The van der Waals surface area contributed by atoms with Gasteiger partial charge >= 0.3 is 0 Å². The number of carbonyl (C=O) groups excluding carboxylic acids is 1. The summed E-state index contributed by atoms with van der Waals surface area (Å²) in [5.74, 6) is 1.68. The highest BCUT2D eigenvalue weighted by atomic mass is 16.5. The third-order valence-corrected chi connectivity index (χ3v) is 6.19. The fraction of sp³-hybridized carbons (Fsp3) is 0.636. The molecule has 2 aliphatic heterocycles. The minimum atomic E-state index is 0.256. The zero-order valence-electron chi connectivity index (χ0n) is 17.7. The van der Waals surface area contributed by atoms with Crippen LogP contribution in [-0.2, 0) is 22.6 Å². The molecular weight excluding hydrogens is 380 g/mol. The molecule has 30 heavy (non-hydrogen) atoms. The van der Waals surface area contributed by atoms with Crippen LogP contribution in [0.3, 0.4) is 0 Å². The third-order valence-electron chi connectivity index (χ3n) is 6.19. The Hall–Kier alpha value is -2.32. The van der Waals surface area contributed by atoms with Gasteiger partial charge in [-0.3, -0.25) is 9.69 Å². The molecule has 8 nitrogen and oxygen atoms in total. The molecule has 1 aromatic carbocycles. The van der Waals surface area contributed by atoms with Crippen LogP contribution in [0.5, 0.6) is 0 Å². The minimum Gasteiger partial charge on any atom is -0.379 e. The summed E-state index contributed by atoms with van der Waals surface area (Å²) in [6, 6.07) is 10.7. The SMILES string of the molecule is O=C(CCCn1nnnc1CN1CCOCC1)N1CCC[C@@H](c2ccccc2)CC1. The van der Waals surface area contributed by atoms with Crippen LogP contribution in [0.2, 0.25) is 0 Å². The summed E-state index contributed by atoms with van der Waals surface area (Å²) in [6.07, 6.45) is 4.59. The van der Waals surface area contributed by atoms with E-state index >= 15 is 0 Å². The fourth-order valence-corrected chi connectivity index (χ4v) is 4.41. The lowest BCUT2D eigenvalue weighted by Crippen LogP contribution is -2.36. The number of tetrazole rings is 1. The molecule has 0 N–H and O–H groups in total. The van der Waals surface area contributed by atoms with E-state index in [1.807, 2.05) is 4.68 Å². The lowest BCUT2D eigenvalue weighted by atomic mass is 9.92. The third kappa shape index (κ3) is 5.64. The van der Waals surface area contributed by atoms with Crippen molar-refractivity contribution in [3.8, 4) is 0 Å². The molecule has 0 unspecified atom stereocenters. The maximum Gasteiger partial charge on any atom is 0.222 e. The predicted molar refractivity (Wildman–Crippen MR) is 113 cm³/mol. The number of hydrogen-bond donors (Lipinski definition) is 0. The Kier molecular flexibility index (Phi) is 7.42. The van der Waals surface area contributed by atoms with Gasteiger partial charge in [-0.2, -0.15) is 0 Å². The maximum atomic E-state index is 12.8. The van der Waals surface area contributed by atoms with Crippen LogP contribution in [0.1, 0.15) is 49.4 Å². The minimum absolute atomic E-state index is 0.256. The quantitative estimate of drug-likeness (QED) is 0.693. The molecule has 162 valence electrons. The average molecular weight is 413 g/mol. The number of nitrogens with zero attached hydrogens (tertiary/aromatic N) is 6. The molecule has 0 radical (unpaired) electrons. The summed E-state index contributed by atoms with van der Waals surface area (Å²) in [5, 5.41) is 12.1. The molecule has 2 fully saturated rings. The zero-order chi connectivity index (χ0) is 20.6. The van der Waals surface area contributed by atoms with Crippen LogP contribution in [0, 0.1) is 0 Å². The number of carbonyl (C=O) groups is 1. The Morgan fingerprint density at radius 1 is 1.07 bits per heavy atom. The summed E-state index contributed by atoms with van der Waals surface area (Å²) in [5.41, 5.74) is 1.40. The molecule has 2 aromatic rings. The van der Waals surface area contributed by atoms with Gasteiger partial charge in [0.1, 0.15) is 0 Å². The number of ether oxygens (including phenoxy) is 1. The molecule has 2 saturated heterocycles. The summed E-state index contributed by atoms with van der Waals surface area (Å²) in [7, 11) is 0. The molecule has 1 amide bonds. The molecule has 0 saturated carbocycles. The van der Waals surface area contributed by atoms with Crippen LogP contribution in [0.15, 0.2) is 30.3 Å². The molecule has 4 rings (SSSR count). The van der Waals surface area contributed by atoms with E-state index in [-0.39, 0.29) is 5.91 Å². The number of likely N-dealkylation sites (tertiary alicyclic amines) is 1. The van der Waals surface area contributed by atoms with Gasteiger partial charge < -0.3 is 9.64 Å². The first-order valence-electron chi connectivity index (χ1n) is 11.2. The van der Waals surface area contributed by atoms with E-state index in [1.165, 1.54) is 5.56 Å². The summed E-state index contributed by atoms with van der Waals surface area (Å²) < 4.78 is 7.24. The van der Waals surface area contributed by atoms with E-state index < -0.39 is 0 Å². The second-order valence-corrected chi connectivity index (χ2v) is 8.23. The Balaban J connectivity index is 1.22. The summed E-state index contributed by atoms with van der Waals surface area (Å²) in [4.78, 5) is 17.1. The van der Waals surface area contributed by atoms with Crippen LogP contribution in [-0.4, -0.2) is 75.3 Å². The molecule has 1 aromatic heterocycles. The van der Waals surface area contributed by atoms with Crippen molar-refractivity contribution in [2.45, 2.75) is 51.1 Å². The molecule has 1 atom stereocenters. The van der Waals surface area contributed by atoms with E-state index in [0.29, 0.717) is 18.9 Å². The van der Waals surface area contributed by atoms with E-state index in [1.54, 1.807) is 0 Å². The molecule has 0 bridgehead atoms. The van der Waals surface area contributed by atoms with Crippen LogP contribution >= 0.6 is 0 Å². The number of benzene rings is 1. The molecule has 3 heterocycles. The van der Waals surface area contributed by atoms with E-state index in [0.717, 1.165) is 77.4 Å². The van der Waals surface area contributed by atoms with Gasteiger partial charge in [0.25, 0.3) is 0 Å². The average Bonchev–Trinajstić information content (AvgIpc) is 3.07. The van der Waals surface area contributed by atoms with E-state index in [2.05, 4.69) is 55.7 Å². The van der Waals surface area contributed by atoms with Crippen molar-refractivity contribution in [2.24, 2.45) is 0 Å². The Bertz CT molecular complexity index is 790. The normalized spacial score (nSPS) is 20.8. The van der Waals surface area contributed by atoms with Gasteiger partial charge in [0.2, 0.25) is 5.91 Å². The number of aromatic nitrogens is 4. The van der Waals surface area contributed by atoms with Crippen LogP contribution in [0.4, 0.5) is 0 Å². The van der Waals surface area contributed by atoms with Crippen molar-refractivity contribution in [2.75, 3.05) is 39.4 Å². The number of aryl methyl sites for hydroxylation is 1. The number of amides is 1. The van der Waals surface area contributed by atoms with Crippen molar-refractivity contribution < 1.29 is 9.53 Å². The van der Waals surface area contributed by atoms with Crippen LogP contribution < -0.4 is 0 Å². The summed E-state index contributed by atoms with van der Waals surface area (Å²) in [6.45, 7) is 6.47. The van der Waals surface area contributed by atoms with Gasteiger partial charge in [-0.25, -0.2) is 4.68 Å². The van der Waals surface area contributed by atoms with E-state index in [4.69, 9.17) is 4.74 Å². The molecule has 0 spiro atoms. The van der Waals surface area contributed by atoms with Gasteiger partial charge in [-0.05, 0) is 47.6 Å². The molecule has 8 heteroatoms. The smallest absolute Gasteiger partial charge is 0.222 e. The number of morpholine rings is 1.